The van der Waals surface area contributed by atoms with Crippen molar-refractivity contribution in [3.05, 3.63) is 52.3 Å². The average Bonchev–Trinajstić information content (AvgIpc) is 2.62. The van der Waals surface area contributed by atoms with Gasteiger partial charge >= 0.3 is 0 Å². The Morgan fingerprint density at radius 3 is 2.47 bits per heavy atom. The van der Waals surface area contributed by atoms with Gasteiger partial charge in [-0.1, -0.05) is 23.7 Å². The van der Waals surface area contributed by atoms with E-state index in [-0.39, 0.29) is 5.75 Å². The molecule has 3 nitrogen and oxygen atoms in total. The summed E-state index contributed by atoms with van der Waals surface area (Å²) in [6, 6.07) is 9.43. The van der Waals surface area contributed by atoms with E-state index >= 15 is 0 Å². The number of benzene rings is 1. The lowest BCUT2D eigenvalue weighted by Gasteiger charge is -2.13. The van der Waals surface area contributed by atoms with Crippen LogP contribution in [-0.4, -0.2) is 9.78 Å². The van der Waals surface area contributed by atoms with Crippen molar-refractivity contribution in [2.75, 3.05) is 5.43 Å². The molecule has 2 rings (SSSR count). The number of hydrogen-bond donors (Lipinski definition) is 2. The molecule has 17 heavy (non-hydrogen) atoms. The van der Waals surface area contributed by atoms with Crippen LogP contribution < -0.4 is 5.43 Å². The number of nitrogens with zero attached hydrogens (tertiary/aromatic N) is 1. The van der Waals surface area contributed by atoms with E-state index in [0.29, 0.717) is 11.6 Å². The van der Waals surface area contributed by atoms with Crippen molar-refractivity contribution in [2.45, 2.75) is 20.4 Å². The van der Waals surface area contributed by atoms with E-state index in [0.717, 1.165) is 17.0 Å². The molecule has 0 saturated carbocycles. The minimum absolute atomic E-state index is 0.143. The van der Waals surface area contributed by atoms with Crippen LogP contribution in [-0.2, 0) is 6.54 Å². The second-order valence-electron chi connectivity index (χ2n) is 4.03. The summed E-state index contributed by atoms with van der Waals surface area (Å²) in [6.07, 6.45) is 0. The van der Waals surface area contributed by atoms with E-state index in [4.69, 9.17) is 11.6 Å². The minimum atomic E-state index is 0.143. The van der Waals surface area contributed by atoms with Gasteiger partial charge in [-0.3, -0.25) is 4.68 Å². The van der Waals surface area contributed by atoms with Crippen molar-refractivity contribution in [3.63, 3.8) is 0 Å². The van der Waals surface area contributed by atoms with Crippen molar-refractivity contribution in [3.8, 4) is 5.75 Å². The van der Waals surface area contributed by atoms with E-state index < -0.39 is 0 Å². The largest absolute Gasteiger partial charge is 0.506 e. The SMILES string of the molecule is Cc1ccc(C)n1NCc1cccc(Cl)c1O. The number of phenols is 1. The fourth-order valence-electron chi connectivity index (χ4n) is 1.78. The lowest BCUT2D eigenvalue weighted by Crippen LogP contribution is -2.16. The molecule has 0 atom stereocenters. The first-order valence-electron chi connectivity index (χ1n) is 5.45. The van der Waals surface area contributed by atoms with Gasteiger partial charge in [0.05, 0.1) is 11.6 Å². The molecule has 0 spiro atoms. The van der Waals surface area contributed by atoms with Crippen molar-refractivity contribution >= 4 is 11.6 Å². The zero-order valence-electron chi connectivity index (χ0n) is 9.87. The maximum atomic E-state index is 9.78. The second-order valence-corrected chi connectivity index (χ2v) is 4.44. The van der Waals surface area contributed by atoms with E-state index in [2.05, 4.69) is 5.43 Å². The summed E-state index contributed by atoms with van der Waals surface area (Å²) in [5, 5.41) is 10.2. The van der Waals surface area contributed by atoms with Crippen LogP contribution in [0, 0.1) is 13.8 Å². The Balaban J connectivity index is 2.15. The number of para-hydroxylation sites is 1. The highest BCUT2D eigenvalue weighted by Gasteiger charge is 2.06. The van der Waals surface area contributed by atoms with Gasteiger partial charge in [0.1, 0.15) is 5.75 Å². The topological polar surface area (TPSA) is 37.2 Å². The van der Waals surface area contributed by atoms with Crippen molar-refractivity contribution in [1.82, 2.24) is 4.68 Å². The Morgan fingerprint density at radius 1 is 1.18 bits per heavy atom. The molecule has 0 unspecified atom stereocenters. The van der Waals surface area contributed by atoms with Gasteiger partial charge in [-0.25, -0.2) is 0 Å². The van der Waals surface area contributed by atoms with E-state index in [1.807, 2.05) is 42.8 Å². The van der Waals surface area contributed by atoms with Gasteiger partial charge in [0, 0.05) is 17.0 Å². The van der Waals surface area contributed by atoms with Crippen LogP contribution in [0.25, 0.3) is 0 Å². The lowest BCUT2D eigenvalue weighted by molar-refractivity contribution is 0.468. The van der Waals surface area contributed by atoms with Gasteiger partial charge in [-0.05, 0) is 32.0 Å². The molecule has 0 radical (unpaired) electrons. The maximum absolute atomic E-state index is 9.78. The quantitative estimate of drug-likeness (QED) is 0.878. The molecule has 1 heterocycles. The predicted molar refractivity (Wildman–Crippen MR) is 70.1 cm³/mol. The molecule has 1 aromatic heterocycles. The number of halogens is 1. The Kier molecular flexibility index (Phi) is 3.29. The highest BCUT2D eigenvalue weighted by molar-refractivity contribution is 6.32. The van der Waals surface area contributed by atoms with Crippen LogP contribution in [0.1, 0.15) is 17.0 Å². The predicted octanol–water partition coefficient (Wildman–Crippen LogP) is 3.21. The number of aromatic nitrogens is 1. The maximum Gasteiger partial charge on any atom is 0.139 e. The molecule has 0 fully saturated rings. The second kappa shape index (κ2) is 4.72. The van der Waals surface area contributed by atoms with E-state index in [1.165, 1.54) is 0 Å². The van der Waals surface area contributed by atoms with Crippen LogP contribution in [0.15, 0.2) is 30.3 Å². The Bertz CT molecular complexity index is 515. The van der Waals surface area contributed by atoms with Crippen LogP contribution in [0.2, 0.25) is 5.02 Å². The molecule has 0 amide bonds. The van der Waals surface area contributed by atoms with Crippen LogP contribution in [0.4, 0.5) is 0 Å². The summed E-state index contributed by atoms with van der Waals surface area (Å²) >= 11 is 5.85. The standard InChI is InChI=1S/C13H15ClN2O/c1-9-6-7-10(2)16(9)15-8-11-4-3-5-12(14)13(11)17/h3-7,15,17H,8H2,1-2H3. The van der Waals surface area contributed by atoms with Gasteiger partial charge in [-0.2, -0.15) is 0 Å². The van der Waals surface area contributed by atoms with Crippen LogP contribution in [0.3, 0.4) is 0 Å². The molecule has 1 aromatic carbocycles. The van der Waals surface area contributed by atoms with Gasteiger partial charge in [0.25, 0.3) is 0 Å². The molecule has 2 aromatic rings. The summed E-state index contributed by atoms with van der Waals surface area (Å²) in [5.74, 6) is 0.143. The Hall–Kier alpha value is -1.61. The van der Waals surface area contributed by atoms with Gasteiger partial charge < -0.3 is 10.5 Å². The number of aromatic hydroxyl groups is 1. The van der Waals surface area contributed by atoms with Gasteiger partial charge in [0.2, 0.25) is 0 Å². The monoisotopic (exact) mass is 250 g/mol. The molecule has 0 aliphatic carbocycles. The first-order chi connectivity index (χ1) is 8.09. The molecular formula is C13H15ClN2O. The summed E-state index contributed by atoms with van der Waals surface area (Å²) in [4.78, 5) is 0. The molecule has 0 saturated heterocycles. The van der Waals surface area contributed by atoms with Gasteiger partial charge in [0.15, 0.2) is 0 Å². The van der Waals surface area contributed by atoms with Gasteiger partial charge in [-0.15, -0.1) is 0 Å². The molecular weight excluding hydrogens is 236 g/mol. The highest BCUT2D eigenvalue weighted by Crippen LogP contribution is 2.26. The summed E-state index contributed by atoms with van der Waals surface area (Å²) in [7, 11) is 0. The third-order valence-corrected chi connectivity index (χ3v) is 3.07. The molecule has 90 valence electrons. The first-order valence-corrected chi connectivity index (χ1v) is 5.82. The minimum Gasteiger partial charge on any atom is -0.506 e. The lowest BCUT2D eigenvalue weighted by atomic mass is 10.2. The zero-order chi connectivity index (χ0) is 12.4. The van der Waals surface area contributed by atoms with Crippen LogP contribution in [0.5, 0.6) is 5.75 Å². The molecule has 0 aliphatic rings. The van der Waals surface area contributed by atoms with E-state index in [9.17, 15) is 5.11 Å². The summed E-state index contributed by atoms with van der Waals surface area (Å²) < 4.78 is 1.99. The number of nitrogens with one attached hydrogen (secondary N) is 1. The van der Waals surface area contributed by atoms with Crippen molar-refractivity contribution in [1.29, 1.82) is 0 Å². The average molecular weight is 251 g/mol. The molecule has 2 N–H and O–H groups in total. The third kappa shape index (κ3) is 2.39. The number of hydrogen-bond acceptors (Lipinski definition) is 2. The molecule has 4 heteroatoms. The first kappa shape index (κ1) is 11.9. The smallest absolute Gasteiger partial charge is 0.139 e. The normalized spacial score (nSPS) is 10.5. The third-order valence-electron chi connectivity index (χ3n) is 2.77. The van der Waals surface area contributed by atoms with Crippen LogP contribution >= 0.6 is 11.6 Å². The fourth-order valence-corrected chi connectivity index (χ4v) is 1.98. The van der Waals surface area contributed by atoms with Crippen molar-refractivity contribution < 1.29 is 5.11 Å². The summed E-state index contributed by atoms with van der Waals surface area (Å²) in [5.41, 5.74) is 6.28. The Morgan fingerprint density at radius 2 is 1.82 bits per heavy atom. The fraction of sp³-hybridized carbons (Fsp3) is 0.231. The zero-order valence-corrected chi connectivity index (χ0v) is 10.6. The highest BCUT2D eigenvalue weighted by atomic mass is 35.5. The Labute approximate surface area is 106 Å². The number of rotatable bonds is 3. The molecule has 0 aliphatic heterocycles. The van der Waals surface area contributed by atoms with E-state index in [1.54, 1.807) is 6.07 Å². The number of aryl methyl sites for hydroxylation is 2. The molecule has 0 bridgehead atoms. The summed E-state index contributed by atoms with van der Waals surface area (Å²) in [6.45, 7) is 4.58. The van der Waals surface area contributed by atoms with Crippen molar-refractivity contribution in [2.24, 2.45) is 0 Å². The number of phenolic OH excluding ortho intramolecular Hbond substituents is 1.